The minimum Gasteiger partial charge on any atom is -0.306 e. The highest BCUT2D eigenvalue weighted by Gasteiger charge is 2.25. The molecule has 4 heterocycles. The normalized spacial score (nSPS) is 11.5. The fourth-order valence-electron chi connectivity index (χ4n) is 10.4. The molecule has 0 unspecified atom stereocenters. The largest absolute Gasteiger partial charge is 0.306 e. The average molecular weight is 947 g/mol. The summed E-state index contributed by atoms with van der Waals surface area (Å²) in [6.45, 7) is 0. The van der Waals surface area contributed by atoms with Gasteiger partial charge in [-0.15, -0.1) is 0 Å². The summed E-state index contributed by atoms with van der Waals surface area (Å²) < 4.78 is 4.61. The van der Waals surface area contributed by atoms with Crippen molar-refractivity contribution in [3.8, 4) is 90.8 Å². The summed E-state index contributed by atoms with van der Waals surface area (Å²) in [6.07, 6.45) is 0. The summed E-state index contributed by atoms with van der Waals surface area (Å²) in [7, 11) is 0. The Morgan fingerprint density at radius 3 is 1.14 bits per heavy atom. The lowest BCUT2D eigenvalue weighted by Crippen LogP contribution is -2.07. The monoisotopic (exact) mass is 946 g/mol. The van der Waals surface area contributed by atoms with E-state index in [0.717, 1.165) is 99.4 Å². The molecule has 0 fully saturated rings. The van der Waals surface area contributed by atoms with E-state index in [1.165, 1.54) is 0 Å². The molecule has 8 nitrogen and oxygen atoms in total. The van der Waals surface area contributed by atoms with Crippen LogP contribution in [0.4, 0.5) is 0 Å². The van der Waals surface area contributed by atoms with Gasteiger partial charge in [-0.2, -0.15) is 9.97 Å². The summed E-state index contributed by atoms with van der Waals surface area (Å²) in [5, 5.41) is 4.33. The fraction of sp³-hybridized carbons (Fsp3) is 0. The van der Waals surface area contributed by atoms with Gasteiger partial charge in [0.2, 0.25) is 5.95 Å². The maximum Gasteiger partial charge on any atom is 0.238 e. The van der Waals surface area contributed by atoms with Crippen molar-refractivity contribution >= 4 is 43.6 Å². The molecular formula is C66H42N8. The van der Waals surface area contributed by atoms with Crippen molar-refractivity contribution in [1.82, 2.24) is 39.0 Å². The Morgan fingerprint density at radius 2 is 0.595 bits per heavy atom. The van der Waals surface area contributed by atoms with Gasteiger partial charge in [0.15, 0.2) is 29.1 Å². The Hall–Kier alpha value is -10.2. The topological polar surface area (TPSA) is 87.2 Å². The molecule has 0 amide bonds. The van der Waals surface area contributed by atoms with E-state index in [4.69, 9.17) is 29.9 Å². The minimum absolute atomic E-state index is 0.509. The summed E-state index contributed by atoms with van der Waals surface area (Å²) >= 11 is 0. The van der Waals surface area contributed by atoms with Gasteiger partial charge in [-0.3, -0.25) is 4.57 Å². The molecule has 346 valence electrons. The summed E-state index contributed by atoms with van der Waals surface area (Å²) in [4.78, 5) is 31.9. The predicted octanol–water partition coefficient (Wildman–Crippen LogP) is 15.9. The molecule has 0 spiro atoms. The first kappa shape index (κ1) is 42.7. The van der Waals surface area contributed by atoms with Gasteiger partial charge in [-0.25, -0.2) is 19.9 Å². The van der Waals surface area contributed by atoms with Gasteiger partial charge < -0.3 is 4.57 Å². The summed E-state index contributed by atoms with van der Waals surface area (Å²) in [5.41, 5.74) is 13.7. The van der Waals surface area contributed by atoms with Crippen LogP contribution in [-0.4, -0.2) is 39.0 Å². The quantitative estimate of drug-likeness (QED) is 0.143. The predicted molar refractivity (Wildman–Crippen MR) is 300 cm³/mol. The van der Waals surface area contributed by atoms with Crippen LogP contribution in [0, 0.1) is 0 Å². The van der Waals surface area contributed by atoms with Gasteiger partial charge in [0.05, 0.1) is 27.8 Å². The maximum absolute atomic E-state index is 5.44. The fourth-order valence-corrected chi connectivity index (χ4v) is 10.4. The number of hydrogen-bond acceptors (Lipinski definition) is 6. The zero-order valence-electron chi connectivity index (χ0n) is 39.8. The van der Waals surface area contributed by atoms with E-state index in [1.54, 1.807) is 0 Å². The molecule has 74 heavy (non-hydrogen) atoms. The van der Waals surface area contributed by atoms with Crippen molar-refractivity contribution < 1.29 is 0 Å². The molecule has 0 radical (unpaired) electrons. The number of benzene rings is 10. The van der Waals surface area contributed by atoms with Crippen LogP contribution in [0.1, 0.15) is 0 Å². The van der Waals surface area contributed by atoms with Crippen molar-refractivity contribution in [3.05, 3.63) is 255 Å². The van der Waals surface area contributed by atoms with Crippen LogP contribution in [0.15, 0.2) is 255 Å². The Balaban J connectivity index is 1.04. The second-order valence-electron chi connectivity index (χ2n) is 18.3. The molecule has 14 aromatic rings. The van der Waals surface area contributed by atoms with Crippen molar-refractivity contribution in [1.29, 1.82) is 0 Å². The van der Waals surface area contributed by atoms with Crippen LogP contribution >= 0.6 is 0 Å². The third kappa shape index (κ3) is 7.40. The van der Waals surface area contributed by atoms with Gasteiger partial charge >= 0.3 is 0 Å². The smallest absolute Gasteiger partial charge is 0.238 e. The molecule has 8 heteroatoms. The van der Waals surface area contributed by atoms with Crippen LogP contribution in [0.2, 0.25) is 0 Å². The molecule has 0 aliphatic heterocycles. The standard InChI is InChI=1S/C66H42N8/c1-5-21-43(22-6-1)47-29-19-31-49(41-47)63-67-61(45-25-9-3-10-26-45)69-65(70-63)55-35-15-18-38-58(55)73-56-36-16-13-33-51(56)53-39-40-54-52-34-14-17-37-57(52)74(60(54)59(53)73)66-71-62(46-27-11-4-12-28-46)68-64(72-66)50-32-20-30-48(42-50)44-23-7-2-8-24-44/h1-42H. The maximum atomic E-state index is 5.44. The Bertz CT molecular complexity index is 4420. The van der Waals surface area contributed by atoms with E-state index >= 15 is 0 Å². The third-order valence-electron chi connectivity index (χ3n) is 13.8. The lowest BCUT2D eigenvalue weighted by atomic mass is 10.0. The molecule has 0 bridgehead atoms. The van der Waals surface area contributed by atoms with E-state index < -0.39 is 0 Å². The number of fused-ring (bicyclic) bond motifs is 7. The van der Waals surface area contributed by atoms with E-state index in [0.29, 0.717) is 35.1 Å². The van der Waals surface area contributed by atoms with Crippen LogP contribution in [-0.2, 0) is 0 Å². The number of para-hydroxylation sites is 3. The van der Waals surface area contributed by atoms with Crippen molar-refractivity contribution in [2.75, 3.05) is 0 Å². The summed E-state index contributed by atoms with van der Waals surface area (Å²) in [6, 6.07) is 88.1. The lowest BCUT2D eigenvalue weighted by molar-refractivity contribution is 0.953. The number of rotatable bonds is 9. The Labute approximate surface area is 426 Å². The number of nitrogens with zero attached hydrogens (tertiary/aromatic N) is 8. The Kier molecular flexibility index (Phi) is 10.3. The van der Waals surface area contributed by atoms with Gasteiger partial charge in [-0.1, -0.05) is 218 Å². The van der Waals surface area contributed by atoms with E-state index in [9.17, 15) is 0 Å². The molecule has 0 saturated heterocycles. The van der Waals surface area contributed by atoms with Gasteiger partial charge in [0.25, 0.3) is 0 Å². The number of hydrogen-bond donors (Lipinski definition) is 0. The highest BCUT2D eigenvalue weighted by molar-refractivity contribution is 6.24. The number of aromatic nitrogens is 8. The van der Waals surface area contributed by atoms with Gasteiger partial charge in [-0.05, 0) is 58.7 Å². The van der Waals surface area contributed by atoms with Crippen molar-refractivity contribution in [2.45, 2.75) is 0 Å². The van der Waals surface area contributed by atoms with Crippen molar-refractivity contribution in [3.63, 3.8) is 0 Å². The molecule has 4 aromatic heterocycles. The molecular weight excluding hydrogens is 905 g/mol. The highest BCUT2D eigenvalue weighted by Crippen LogP contribution is 2.43. The molecule has 0 N–H and O–H groups in total. The van der Waals surface area contributed by atoms with E-state index in [1.807, 2.05) is 60.7 Å². The second-order valence-corrected chi connectivity index (χ2v) is 18.3. The Morgan fingerprint density at radius 1 is 0.230 bits per heavy atom. The SMILES string of the molecule is c1ccc(-c2cccc(-c3nc(-c4ccccc4)nc(-c4ccccc4-n4c5ccccc5c5ccc6c7ccccc7n(-c7nc(-c8ccccc8)nc(-c8cccc(-c9ccccc9)c8)n7)c6c54)n3)c2)cc1. The molecule has 14 rings (SSSR count). The van der Waals surface area contributed by atoms with E-state index in [2.05, 4.69) is 203 Å². The van der Waals surface area contributed by atoms with E-state index in [-0.39, 0.29) is 0 Å². The molecule has 0 saturated carbocycles. The average Bonchev–Trinajstić information content (AvgIpc) is 4.02. The minimum atomic E-state index is 0.509. The first-order valence-electron chi connectivity index (χ1n) is 24.7. The molecule has 0 atom stereocenters. The molecule has 10 aromatic carbocycles. The zero-order chi connectivity index (χ0) is 49.0. The first-order valence-corrected chi connectivity index (χ1v) is 24.7. The third-order valence-corrected chi connectivity index (χ3v) is 13.8. The van der Waals surface area contributed by atoms with Crippen LogP contribution < -0.4 is 0 Å². The van der Waals surface area contributed by atoms with Crippen LogP contribution in [0.3, 0.4) is 0 Å². The van der Waals surface area contributed by atoms with Crippen LogP contribution in [0.5, 0.6) is 0 Å². The highest BCUT2D eigenvalue weighted by atomic mass is 15.2. The molecule has 0 aliphatic carbocycles. The second kappa shape index (κ2) is 17.9. The summed E-state index contributed by atoms with van der Waals surface area (Å²) in [5.74, 6) is 3.39. The zero-order valence-corrected chi connectivity index (χ0v) is 39.8. The van der Waals surface area contributed by atoms with Crippen LogP contribution in [0.25, 0.3) is 134 Å². The van der Waals surface area contributed by atoms with Gasteiger partial charge in [0, 0.05) is 49.4 Å². The lowest BCUT2D eigenvalue weighted by Gasteiger charge is -2.16. The molecule has 0 aliphatic rings. The van der Waals surface area contributed by atoms with Crippen molar-refractivity contribution in [2.24, 2.45) is 0 Å². The first-order chi connectivity index (χ1) is 36.7. The van der Waals surface area contributed by atoms with Gasteiger partial charge in [0.1, 0.15) is 0 Å².